The summed E-state index contributed by atoms with van der Waals surface area (Å²) in [4.78, 5) is 0. The van der Waals surface area contributed by atoms with E-state index in [-0.39, 0.29) is 11.5 Å². The zero-order valence-corrected chi connectivity index (χ0v) is 18.2. The van der Waals surface area contributed by atoms with Crippen molar-refractivity contribution in [3.05, 3.63) is 44.4 Å². The van der Waals surface area contributed by atoms with Crippen molar-refractivity contribution < 1.29 is 19.7 Å². The van der Waals surface area contributed by atoms with E-state index in [1.165, 1.54) is 24.3 Å². The van der Waals surface area contributed by atoms with Crippen molar-refractivity contribution in [3.63, 3.8) is 0 Å². The molecule has 0 fully saturated rings. The van der Waals surface area contributed by atoms with Crippen molar-refractivity contribution in [2.75, 3.05) is 13.2 Å². The molecule has 0 aliphatic carbocycles. The second kappa shape index (κ2) is 11.7. The Morgan fingerprint density at radius 1 is 0.536 bits per heavy atom. The minimum atomic E-state index is 0.0151. The lowest BCUT2D eigenvalue weighted by atomic mass is 10.1. The molecule has 0 amide bonds. The quantitative estimate of drug-likeness (QED) is 0.335. The van der Waals surface area contributed by atoms with Gasteiger partial charge in [0.2, 0.25) is 0 Å². The summed E-state index contributed by atoms with van der Waals surface area (Å²) in [6, 6.07) is 5.62. The lowest BCUT2D eigenvalue weighted by Crippen LogP contribution is -2.00. The van der Waals surface area contributed by atoms with Crippen LogP contribution < -0.4 is 9.47 Å². The molecule has 0 aromatic heterocycles. The Morgan fingerprint density at radius 2 is 0.821 bits per heavy atom. The van der Waals surface area contributed by atoms with Crippen LogP contribution in [0.1, 0.15) is 38.5 Å². The van der Waals surface area contributed by atoms with Crippen LogP contribution in [0.2, 0.25) is 20.1 Å². The normalized spacial score (nSPS) is 10.9. The van der Waals surface area contributed by atoms with Crippen molar-refractivity contribution in [2.45, 2.75) is 38.5 Å². The lowest BCUT2D eigenvalue weighted by Gasteiger charge is -2.11. The highest BCUT2D eigenvalue weighted by atomic mass is 35.5. The maximum Gasteiger partial charge on any atom is 0.156 e. The maximum absolute atomic E-state index is 9.39. The van der Waals surface area contributed by atoms with Crippen LogP contribution in [0.3, 0.4) is 0 Å². The van der Waals surface area contributed by atoms with Gasteiger partial charge in [0.05, 0.1) is 33.3 Å². The van der Waals surface area contributed by atoms with Crippen molar-refractivity contribution >= 4 is 46.4 Å². The molecule has 0 aliphatic heterocycles. The molecule has 154 valence electrons. The Balaban J connectivity index is 1.54. The molecule has 2 aromatic rings. The topological polar surface area (TPSA) is 58.9 Å². The van der Waals surface area contributed by atoms with E-state index in [4.69, 9.17) is 55.9 Å². The molecule has 0 unspecified atom stereocenters. The molecule has 0 bridgehead atoms. The van der Waals surface area contributed by atoms with Crippen molar-refractivity contribution in [3.8, 4) is 23.0 Å². The molecule has 28 heavy (non-hydrogen) atoms. The molecule has 0 saturated heterocycles. The van der Waals surface area contributed by atoms with Crippen LogP contribution in [-0.4, -0.2) is 23.4 Å². The molecule has 2 N–H and O–H groups in total. The van der Waals surface area contributed by atoms with Crippen molar-refractivity contribution in [1.82, 2.24) is 0 Å². The van der Waals surface area contributed by atoms with Gasteiger partial charge in [-0.2, -0.15) is 0 Å². The molecule has 0 spiro atoms. The number of aromatic hydroxyl groups is 2. The van der Waals surface area contributed by atoms with E-state index in [2.05, 4.69) is 0 Å². The first-order valence-electron chi connectivity index (χ1n) is 9.00. The monoisotopic (exact) mass is 466 g/mol. The predicted molar refractivity (Wildman–Crippen MR) is 115 cm³/mol. The average molecular weight is 468 g/mol. The number of phenols is 2. The highest BCUT2D eigenvalue weighted by molar-refractivity contribution is 6.38. The highest BCUT2D eigenvalue weighted by Gasteiger charge is 2.10. The molecule has 2 rings (SSSR count). The Hall–Kier alpha value is -1.20. The van der Waals surface area contributed by atoms with E-state index in [1.807, 2.05) is 0 Å². The summed E-state index contributed by atoms with van der Waals surface area (Å²) in [5.41, 5.74) is 0. The Bertz CT molecular complexity index is 671. The highest BCUT2D eigenvalue weighted by Crippen LogP contribution is 2.37. The van der Waals surface area contributed by atoms with Gasteiger partial charge in [-0.25, -0.2) is 0 Å². The third kappa shape index (κ3) is 7.32. The van der Waals surface area contributed by atoms with Gasteiger partial charge in [-0.1, -0.05) is 72.1 Å². The van der Waals surface area contributed by atoms with Crippen LogP contribution >= 0.6 is 46.4 Å². The van der Waals surface area contributed by atoms with Crippen LogP contribution in [0.25, 0.3) is 0 Å². The molecule has 4 nitrogen and oxygen atoms in total. The summed E-state index contributed by atoms with van der Waals surface area (Å²) in [5.74, 6) is 0.845. The maximum atomic E-state index is 9.39. The number of hydrogen-bond donors (Lipinski definition) is 2. The van der Waals surface area contributed by atoms with Gasteiger partial charge in [0, 0.05) is 24.3 Å². The predicted octanol–water partition coefficient (Wildman–Crippen LogP) is 7.51. The summed E-state index contributed by atoms with van der Waals surface area (Å²) >= 11 is 24.0. The Kier molecular flexibility index (Phi) is 9.66. The standard InChI is InChI=1S/C20H22Cl4O4/c21-15-9-13(25)10-16(22)19(15)27-7-5-3-1-2-4-6-8-28-20-17(23)11-14(26)12-18(20)24/h9-12,25-26H,1-8H2. The van der Waals surface area contributed by atoms with Gasteiger partial charge in [0.25, 0.3) is 0 Å². The van der Waals surface area contributed by atoms with Crippen molar-refractivity contribution in [2.24, 2.45) is 0 Å². The van der Waals surface area contributed by atoms with E-state index in [0.717, 1.165) is 38.5 Å². The van der Waals surface area contributed by atoms with Gasteiger partial charge in [0.15, 0.2) is 11.5 Å². The third-order valence-electron chi connectivity index (χ3n) is 4.00. The molecular formula is C20H22Cl4O4. The number of benzene rings is 2. The van der Waals surface area contributed by atoms with Gasteiger partial charge in [0.1, 0.15) is 11.5 Å². The molecule has 0 atom stereocenters. The Morgan fingerprint density at radius 3 is 1.14 bits per heavy atom. The first-order valence-corrected chi connectivity index (χ1v) is 10.5. The van der Waals surface area contributed by atoms with Gasteiger partial charge in [-0.15, -0.1) is 0 Å². The number of rotatable bonds is 11. The third-order valence-corrected chi connectivity index (χ3v) is 5.12. The fraction of sp³-hybridized carbons (Fsp3) is 0.400. The number of halogens is 4. The molecule has 0 heterocycles. The molecule has 8 heteroatoms. The van der Waals surface area contributed by atoms with E-state index in [0.29, 0.717) is 44.8 Å². The van der Waals surface area contributed by atoms with Gasteiger partial charge < -0.3 is 19.7 Å². The summed E-state index contributed by atoms with van der Waals surface area (Å²) in [6.45, 7) is 1.04. The van der Waals surface area contributed by atoms with Crippen LogP contribution in [0.5, 0.6) is 23.0 Å². The number of hydrogen-bond acceptors (Lipinski definition) is 4. The zero-order chi connectivity index (χ0) is 20.5. The summed E-state index contributed by atoms with van der Waals surface area (Å²) in [7, 11) is 0. The van der Waals surface area contributed by atoms with E-state index >= 15 is 0 Å². The van der Waals surface area contributed by atoms with Crippen LogP contribution in [0.15, 0.2) is 24.3 Å². The number of phenolic OH excluding ortho intramolecular Hbond substituents is 2. The molecule has 0 radical (unpaired) electrons. The smallest absolute Gasteiger partial charge is 0.156 e. The summed E-state index contributed by atoms with van der Waals surface area (Å²) in [6.07, 6.45) is 6.02. The lowest BCUT2D eigenvalue weighted by molar-refractivity contribution is 0.297. The molecule has 0 aliphatic rings. The van der Waals surface area contributed by atoms with Crippen LogP contribution in [0.4, 0.5) is 0 Å². The van der Waals surface area contributed by atoms with Gasteiger partial charge in [-0.3, -0.25) is 0 Å². The fourth-order valence-corrected chi connectivity index (χ4v) is 3.80. The summed E-state index contributed by atoms with van der Waals surface area (Å²) < 4.78 is 11.2. The molecular weight excluding hydrogens is 446 g/mol. The van der Waals surface area contributed by atoms with Gasteiger partial charge in [-0.05, 0) is 12.8 Å². The second-order valence-electron chi connectivity index (χ2n) is 6.30. The average Bonchev–Trinajstić information content (AvgIpc) is 2.60. The fourth-order valence-electron chi connectivity index (χ4n) is 2.63. The SMILES string of the molecule is Oc1cc(Cl)c(OCCCCCCCCOc2c(Cl)cc(O)cc2Cl)c(Cl)c1. The minimum Gasteiger partial charge on any atom is -0.508 e. The van der Waals surface area contributed by atoms with Crippen LogP contribution in [0, 0.1) is 0 Å². The first-order chi connectivity index (χ1) is 13.4. The van der Waals surface area contributed by atoms with E-state index in [9.17, 15) is 10.2 Å². The zero-order valence-electron chi connectivity index (χ0n) is 15.2. The first kappa shape index (κ1) is 23.1. The van der Waals surface area contributed by atoms with E-state index < -0.39 is 0 Å². The number of ether oxygens (including phenoxy) is 2. The van der Waals surface area contributed by atoms with E-state index in [1.54, 1.807) is 0 Å². The van der Waals surface area contributed by atoms with Crippen molar-refractivity contribution in [1.29, 1.82) is 0 Å². The van der Waals surface area contributed by atoms with Gasteiger partial charge >= 0.3 is 0 Å². The summed E-state index contributed by atoms with van der Waals surface area (Å²) in [5, 5.41) is 20.0. The second-order valence-corrected chi connectivity index (χ2v) is 7.92. The minimum absolute atomic E-state index is 0.0151. The number of unbranched alkanes of at least 4 members (excludes halogenated alkanes) is 5. The Labute approximate surface area is 184 Å². The van der Waals surface area contributed by atoms with Crippen LogP contribution in [-0.2, 0) is 0 Å². The largest absolute Gasteiger partial charge is 0.508 e. The molecule has 0 saturated carbocycles. The molecule has 2 aromatic carbocycles.